The van der Waals surface area contributed by atoms with E-state index in [0.29, 0.717) is 5.56 Å². The summed E-state index contributed by atoms with van der Waals surface area (Å²) in [5, 5.41) is 8.89. The number of halogens is 1. The van der Waals surface area contributed by atoms with Crippen molar-refractivity contribution in [1.29, 1.82) is 5.26 Å². The molecule has 0 heterocycles. The molecule has 0 radical (unpaired) electrons. The minimum absolute atomic E-state index is 0.249. The second-order valence-electron chi connectivity index (χ2n) is 3.65. The van der Waals surface area contributed by atoms with Crippen LogP contribution in [0.3, 0.4) is 0 Å². The van der Waals surface area contributed by atoms with Crippen LogP contribution in [0.1, 0.15) is 25.0 Å². The van der Waals surface area contributed by atoms with Crippen LogP contribution in [0.15, 0.2) is 18.2 Å². The molecule has 0 aliphatic rings. The molecule has 1 rings (SSSR count). The van der Waals surface area contributed by atoms with Gasteiger partial charge in [-0.3, -0.25) is 0 Å². The van der Waals surface area contributed by atoms with Gasteiger partial charge in [-0.15, -0.1) is 0 Å². The lowest BCUT2D eigenvalue weighted by Gasteiger charge is -2.18. The van der Waals surface area contributed by atoms with E-state index in [0.717, 1.165) is 5.56 Å². The van der Waals surface area contributed by atoms with Crippen molar-refractivity contribution in [1.82, 2.24) is 0 Å². The van der Waals surface area contributed by atoms with E-state index in [-0.39, 0.29) is 5.82 Å². The Balaban J connectivity index is 3.33. The van der Waals surface area contributed by atoms with Gasteiger partial charge in [0.2, 0.25) is 0 Å². The van der Waals surface area contributed by atoms with E-state index in [1.54, 1.807) is 32.9 Å². The van der Waals surface area contributed by atoms with Crippen molar-refractivity contribution < 1.29 is 4.39 Å². The molecule has 0 atom stereocenters. The summed E-state index contributed by atoms with van der Waals surface area (Å²) in [5.41, 5.74) is 0.704. The summed E-state index contributed by atoms with van der Waals surface area (Å²) in [7, 11) is 0. The van der Waals surface area contributed by atoms with Crippen molar-refractivity contribution in [3.8, 4) is 6.07 Å². The summed E-state index contributed by atoms with van der Waals surface area (Å²) in [5.74, 6) is -0.249. The van der Waals surface area contributed by atoms with E-state index in [2.05, 4.69) is 6.07 Å². The predicted molar refractivity (Wildman–Crippen MR) is 49.8 cm³/mol. The molecule has 0 N–H and O–H groups in total. The first-order valence-corrected chi connectivity index (χ1v) is 4.16. The van der Waals surface area contributed by atoms with Crippen molar-refractivity contribution in [2.75, 3.05) is 0 Å². The smallest absolute Gasteiger partial charge is 0.126 e. The fraction of sp³-hybridized carbons (Fsp3) is 0.364. The highest BCUT2D eigenvalue weighted by Gasteiger charge is 2.22. The molecule has 0 unspecified atom stereocenters. The number of nitriles is 1. The normalized spacial score (nSPS) is 11.0. The number of rotatable bonds is 1. The van der Waals surface area contributed by atoms with Crippen LogP contribution in [-0.2, 0) is 5.41 Å². The molecule has 2 heteroatoms. The molecular formula is C11H12FN. The van der Waals surface area contributed by atoms with Crippen LogP contribution in [0.4, 0.5) is 4.39 Å². The van der Waals surface area contributed by atoms with E-state index in [1.165, 1.54) is 6.07 Å². The van der Waals surface area contributed by atoms with Crippen LogP contribution in [0.2, 0.25) is 0 Å². The highest BCUT2D eigenvalue weighted by molar-refractivity contribution is 5.37. The van der Waals surface area contributed by atoms with E-state index in [4.69, 9.17) is 5.26 Å². The third-order valence-corrected chi connectivity index (χ3v) is 2.22. The lowest BCUT2D eigenvalue weighted by atomic mass is 9.83. The van der Waals surface area contributed by atoms with E-state index >= 15 is 0 Å². The van der Waals surface area contributed by atoms with Gasteiger partial charge in [0.05, 0.1) is 11.5 Å². The summed E-state index contributed by atoms with van der Waals surface area (Å²) in [6.45, 7) is 5.27. The van der Waals surface area contributed by atoms with Crippen LogP contribution >= 0.6 is 0 Å². The molecule has 0 aliphatic heterocycles. The quantitative estimate of drug-likeness (QED) is 0.647. The van der Waals surface area contributed by atoms with Crippen LogP contribution < -0.4 is 0 Å². The average Bonchev–Trinajstić information content (AvgIpc) is 2.09. The zero-order valence-electron chi connectivity index (χ0n) is 8.06. The molecule has 0 aromatic heterocycles. The Kier molecular flexibility index (Phi) is 2.38. The molecule has 1 nitrogen and oxygen atoms in total. The third kappa shape index (κ3) is 1.70. The molecule has 0 fully saturated rings. The Hall–Kier alpha value is -1.36. The maximum atomic E-state index is 13.1. The van der Waals surface area contributed by atoms with Gasteiger partial charge in [0.15, 0.2) is 0 Å². The molecule has 0 bridgehead atoms. The van der Waals surface area contributed by atoms with Gasteiger partial charge < -0.3 is 0 Å². The third-order valence-electron chi connectivity index (χ3n) is 2.22. The minimum Gasteiger partial charge on any atom is -0.207 e. The van der Waals surface area contributed by atoms with E-state index < -0.39 is 5.41 Å². The highest BCUT2D eigenvalue weighted by atomic mass is 19.1. The first-order valence-electron chi connectivity index (χ1n) is 4.16. The molecule has 0 aliphatic carbocycles. The van der Waals surface area contributed by atoms with Crippen molar-refractivity contribution >= 4 is 0 Å². The van der Waals surface area contributed by atoms with Crippen LogP contribution in [0, 0.1) is 24.1 Å². The Morgan fingerprint density at radius 2 is 2.00 bits per heavy atom. The van der Waals surface area contributed by atoms with Gasteiger partial charge in [-0.2, -0.15) is 5.26 Å². The summed E-state index contributed by atoms with van der Waals surface area (Å²) < 4.78 is 13.1. The first kappa shape index (κ1) is 9.73. The SMILES string of the molecule is Cc1c(F)cccc1C(C)(C)C#N. The standard InChI is InChI=1S/C11H12FN/c1-8-9(11(2,3)7-13)5-4-6-10(8)12/h4-6H,1-3H3. The predicted octanol–water partition coefficient (Wildman–Crippen LogP) is 2.94. The Labute approximate surface area is 77.8 Å². The lowest BCUT2D eigenvalue weighted by molar-refractivity contribution is 0.600. The molecular weight excluding hydrogens is 165 g/mol. The number of nitrogens with zero attached hydrogens (tertiary/aromatic N) is 1. The molecule has 0 saturated carbocycles. The van der Waals surface area contributed by atoms with Crippen molar-refractivity contribution in [2.24, 2.45) is 0 Å². The van der Waals surface area contributed by atoms with Crippen LogP contribution in [0.25, 0.3) is 0 Å². The second kappa shape index (κ2) is 3.18. The van der Waals surface area contributed by atoms with Crippen molar-refractivity contribution in [2.45, 2.75) is 26.2 Å². The monoisotopic (exact) mass is 177 g/mol. The summed E-state index contributed by atoms with van der Waals surface area (Å²) >= 11 is 0. The van der Waals surface area contributed by atoms with Crippen molar-refractivity contribution in [3.63, 3.8) is 0 Å². The Bertz CT molecular complexity index is 361. The fourth-order valence-corrected chi connectivity index (χ4v) is 1.34. The highest BCUT2D eigenvalue weighted by Crippen LogP contribution is 2.26. The summed E-state index contributed by atoms with van der Waals surface area (Å²) in [6.07, 6.45) is 0. The van der Waals surface area contributed by atoms with Crippen molar-refractivity contribution in [3.05, 3.63) is 35.1 Å². The van der Waals surface area contributed by atoms with E-state index in [9.17, 15) is 4.39 Å². The van der Waals surface area contributed by atoms with Gasteiger partial charge >= 0.3 is 0 Å². The maximum absolute atomic E-state index is 13.1. The Morgan fingerprint density at radius 3 is 2.54 bits per heavy atom. The molecule has 0 amide bonds. The second-order valence-corrected chi connectivity index (χ2v) is 3.65. The van der Waals surface area contributed by atoms with Gasteiger partial charge in [-0.1, -0.05) is 12.1 Å². The van der Waals surface area contributed by atoms with E-state index in [1.807, 2.05) is 0 Å². The maximum Gasteiger partial charge on any atom is 0.126 e. The van der Waals surface area contributed by atoms with Gasteiger partial charge in [0.25, 0.3) is 0 Å². The van der Waals surface area contributed by atoms with Gasteiger partial charge in [-0.25, -0.2) is 4.39 Å². The van der Waals surface area contributed by atoms with Gasteiger partial charge in [0, 0.05) is 0 Å². The molecule has 68 valence electrons. The topological polar surface area (TPSA) is 23.8 Å². The minimum atomic E-state index is -0.619. The first-order chi connectivity index (χ1) is 5.99. The van der Waals surface area contributed by atoms with Crippen LogP contribution in [0.5, 0.6) is 0 Å². The lowest BCUT2D eigenvalue weighted by Crippen LogP contribution is -2.16. The zero-order valence-corrected chi connectivity index (χ0v) is 8.06. The molecule has 0 saturated heterocycles. The van der Waals surface area contributed by atoms with Gasteiger partial charge in [0.1, 0.15) is 5.82 Å². The number of hydrogen-bond donors (Lipinski definition) is 0. The largest absolute Gasteiger partial charge is 0.207 e. The van der Waals surface area contributed by atoms with Crippen LogP contribution in [-0.4, -0.2) is 0 Å². The summed E-state index contributed by atoms with van der Waals surface area (Å²) in [4.78, 5) is 0. The molecule has 1 aromatic carbocycles. The average molecular weight is 177 g/mol. The number of hydrogen-bond acceptors (Lipinski definition) is 1. The molecule has 0 spiro atoms. The summed E-state index contributed by atoms with van der Waals surface area (Å²) in [6, 6.07) is 7.00. The zero-order chi connectivity index (χ0) is 10.1. The molecule has 13 heavy (non-hydrogen) atoms. The van der Waals surface area contributed by atoms with Gasteiger partial charge in [-0.05, 0) is 38.0 Å². The molecule has 1 aromatic rings. The number of benzene rings is 1. The fourth-order valence-electron chi connectivity index (χ4n) is 1.34. The Morgan fingerprint density at radius 1 is 1.38 bits per heavy atom.